The topological polar surface area (TPSA) is 72.5 Å². The van der Waals surface area contributed by atoms with Gasteiger partial charge in [-0.3, -0.25) is 0 Å². The summed E-state index contributed by atoms with van der Waals surface area (Å²) in [7, 11) is 0. The molecule has 0 aliphatic rings. The number of carbonyl (C=O) groups is 1. The number of hydrogen-bond acceptors (Lipinski definition) is 4. The van der Waals surface area contributed by atoms with Gasteiger partial charge in [0.1, 0.15) is 11.5 Å². The minimum absolute atomic E-state index is 0.0107. The zero-order valence-electron chi connectivity index (χ0n) is 10.6. The predicted octanol–water partition coefficient (Wildman–Crippen LogP) is 4.13. The maximum atomic E-state index is 11.0. The van der Waals surface area contributed by atoms with Gasteiger partial charge in [0.05, 0.1) is 16.3 Å². The first-order valence-electron chi connectivity index (χ1n) is 5.66. The molecule has 6 heteroatoms. The van der Waals surface area contributed by atoms with Gasteiger partial charge in [-0.2, -0.15) is 0 Å². The molecule has 2 rings (SSSR count). The van der Waals surface area contributed by atoms with Gasteiger partial charge in [-0.25, -0.2) is 4.79 Å². The SMILES string of the molecule is CSc1ccc(Oc2cccc(C(=O)O)c2Cl)c(N)c1. The summed E-state index contributed by atoms with van der Waals surface area (Å²) in [6, 6.07) is 9.96. The minimum Gasteiger partial charge on any atom is -0.478 e. The number of thioether (sulfide) groups is 1. The van der Waals surface area contributed by atoms with Gasteiger partial charge in [0, 0.05) is 4.90 Å². The zero-order chi connectivity index (χ0) is 14.7. The van der Waals surface area contributed by atoms with Crippen LogP contribution < -0.4 is 10.5 Å². The van der Waals surface area contributed by atoms with Crippen molar-refractivity contribution in [1.82, 2.24) is 0 Å². The summed E-state index contributed by atoms with van der Waals surface area (Å²) in [6.07, 6.45) is 1.95. The number of nitrogen functional groups attached to an aromatic ring is 1. The first kappa shape index (κ1) is 14.6. The number of aromatic carboxylic acids is 1. The van der Waals surface area contributed by atoms with Crippen LogP contribution in [0.15, 0.2) is 41.3 Å². The summed E-state index contributed by atoms with van der Waals surface area (Å²) in [4.78, 5) is 12.0. The predicted molar refractivity (Wildman–Crippen MR) is 81.1 cm³/mol. The molecular formula is C14H12ClNO3S. The van der Waals surface area contributed by atoms with Crippen molar-refractivity contribution in [2.24, 2.45) is 0 Å². The van der Waals surface area contributed by atoms with E-state index in [0.717, 1.165) is 4.90 Å². The second kappa shape index (κ2) is 6.07. The van der Waals surface area contributed by atoms with Gasteiger partial charge >= 0.3 is 5.97 Å². The molecule has 2 aromatic rings. The standard InChI is InChI=1S/C14H12ClNO3S/c1-20-8-5-6-11(10(16)7-8)19-12-4-2-3-9(13(12)15)14(17)18/h2-7H,16H2,1H3,(H,17,18). The lowest BCUT2D eigenvalue weighted by atomic mass is 10.2. The summed E-state index contributed by atoms with van der Waals surface area (Å²) in [5.74, 6) is -0.409. The van der Waals surface area contributed by atoms with E-state index in [-0.39, 0.29) is 16.3 Å². The number of rotatable bonds is 4. The van der Waals surface area contributed by atoms with E-state index in [1.807, 2.05) is 12.3 Å². The number of anilines is 1. The third-order valence-corrected chi connectivity index (χ3v) is 3.75. The van der Waals surface area contributed by atoms with Crippen molar-refractivity contribution in [1.29, 1.82) is 0 Å². The van der Waals surface area contributed by atoms with E-state index < -0.39 is 5.97 Å². The van der Waals surface area contributed by atoms with Gasteiger partial charge < -0.3 is 15.6 Å². The van der Waals surface area contributed by atoms with E-state index >= 15 is 0 Å². The Bertz CT molecular complexity index is 661. The molecule has 0 saturated carbocycles. The van der Waals surface area contributed by atoms with Crippen LogP contribution in [0.5, 0.6) is 11.5 Å². The molecule has 20 heavy (non-hydrogen) atoms. The molecule has 0 heterocycles. The van der Waals surface area contributed by atoms with Gasteiger partial charge in [0.2, 0.25) is 0 Å². The average molecular weight is 310 g/mol. The normalized spacial score (nSPS) is 10.3. The molecule has 0 aliphatic heterocycles. The number of nitrogens with two attached hydrogens (primary N) is 1. The molecule has 3 N–H and O–H groups in total. The molecule has 0 spiro atoms. The maximum absolute atomic E-state index is 11.0. The molecule has 0 aliphatic carbocycles. The largest absolute Gasteiger partial charge is 0.478 e. The van der Waals surface area contributed by atoms with Crippen molar-refractivity contribution in [2.45, 2.75) is 4.90 Å². The van der Waals surface area contributed by atoms with E-state index in [1.165, 1.54) is 6.07 Å². The monoisotopic (exact) mass is 309 g/mol. The minimum atomic E-state index is -1.11. The summed E-state index contributed by atoms with van der Waals surface area (Å²) >= 11 is 7.58. The van der Waals surface area contributed by atoms with Crippen LogP contribution in [-0.2, 0) is 0 Å². The van der Waals surface area contributed by atoms with Crippen LogP contribution in [0.2, 0.25) is 5.02 Å². The van der Waals surface area contributed by atoms with Gasteiger partial charge in [-0.15, -0.1) is 11.8 Å². The second-order valence-corrected chi connectivity index (χ2v) is 5.19. The third-order valence-electron chi connectivity index (χ3n) is 2.63. The highest BCUT2D eigenvalue weighted by molar-refractivity contribution is 7.98. The molecule has 0 bridgehead atoms. The maximum Gasteiger partial charge on any atom is 0.337 e. The lowest BCUT2D eigenvalue weighted by Gasteiger charge is -2.11. The zero-order valence-corrected chi connectivity index (χ0v) is 12.2. The van der Waals surface area contributed by atoms with Crippen LogP contribution in [0.1, 0.15) is 10.4 Å². The third kappa shape index (κ3) is 3.00. The Kier molecular flexibility index (Phi) is 4.42. The highest BCUT2D eigenvalue weighted by Crippen LogP contribution is 2.35. The van der Waals surface area contributed by atoms with Crippen LogP contribution in [0.4, 0.5) is 5.69 Å². The Morgan fingerprint density at radius 1 is 1.30 bits per heavy atom. The Hall–Kier alpha value is -1.85. The molecular weight excluding hydrogens is 298 g/mol. The average Bonchev–Trinajstić information content (AvgIpc) is 2.42. The first-order chi connectivity index (χ1) is 9.52. The van der Waals surface area contributed by atoms with E-state index in [9.17, 15) is 4.79 Å². The van der Waals surface area contributed by atoms with Crippen molar-refractivity contribution in [3.63, 3.8) is 0 Å². The number of halogens is 1. The highest BCUT2D eigenvalue weighted by atomic mass is 35.5. The number of benzene rings is 2. The summed E-state index contributed by atoms with van der Waals surface area (Å²) in [6.45, 7) is 0. The summed E-state index contributed by atoms with van der Waals surface area (Å²) < 4.78 is 5.60. The molecule has 4 nitrogen and oxygen atoms in total. The van der Waals surface area contributed by atoms with Gasteiger partial charge in [0.25, 0.3) is 0 Å². The van der Waals surface area contributed by atoms with Crippen LogP contribution in [0.3, 0.4) is 0 Å². The molecule has 0 aromatic heterocycles. The van der Waals surface area contributed by atoms with Crippen LogP contribution in [-0.4, -0.2) is 17.3 Å². The van der Waals surface area contributed by atoms with Gasteiger partial charge in [0.15, 0.2) is 0 Å². The van der Waals surface area contributed by atoms with Crippen molar-refractivity contribution in [2.75, 3.05) is 12.0 Å². The summed E-state index contributed by atoms with van der Waals surface area (Å²) in [5.41, 5.74) is 6.35. The lowest BCUT2D eigenvalue weighted by molar-refractivity contribution is 0.0696. The van der Waals surface area contributed by atoms with E-state index in [4.69, 9.17) is 27.2 Å². The molecule has 104 valence electrons. The number of carboxylic acids is 1. The Balaban J connectivity index is 2.35. The number of ether oxygens (including phenoxy) is 1. The van der Waals surface area contributed by atoms with Gasteiger partial charge in [-0.05, 0) is 36.6 Å². The quantitative estimate of drug-likeness (QED) is 0.656. The van der Waals surface area contributed by atoms with Crippen molar-refractivity contribution >= 4 is 35.0 Å². The fourth-order valence-electron chi connectivity index (χ4n) is 1.62. The van der Waals surface area contributed by atoms with E-state index in [1.54, 1.807) is 36.0 Å². The van der Waals surface area contributed by atoms with E-state index in [2.05, 4.69) is 0 Å². The highest BCUT2D eigenvalue weighted by Gasteiger charge is 2.14. The molecule has 0 saturated heterocycles. The Morgan fingerprint density at radius 2 is 2.05 bits per heavy atom. The second-order valence-electron chi connectivity index (χ2n) is 3.93. The van der Waals surface area contributed by atoms with Crippen molar-refractivity contribution < 1.29 is 14.6 Å². The lowest BCUT2D eigenvalue weighted by Crippen LogP contribution is -1.99. The number of hydrogen-bond donors (Lipinski definition) is 2. The van der Waals surface area contributed by atoms with Crippen molar-refractivity contribution in [3.8, 4) is 11.5 Å². The Labute approximate surface area is 125 Å². The smallest absolute Gasteiger partial charge is 0.337 e. The molecule has 0 amide bonds. The van der Waals surface area contributed by atoms with Gasteiger partial charge in [-0.1, -0.05) is 17.7 Å². The van der Waals surface area contributed by atoms with Crippen LogP contribution >= 0.6 is 23.4 Å². The van der Waals surface area contributed by atoms with E-state index in [0.29, 0.717) is 11.4 Å². The van der Waals surface area contributed by atoms with Crippen molar-refractivity contribution in [3.05, 3.63) is 47.0 Å². The molecule has 0 fully saturated rings. The molecule has 0 atom stereocenters. The molecule has 0 unspecified atom stereocenters. The fraction of sp³-hybridized carbons (Fsp3) is 0.0714. The number of carboxylic acid groups (broad SMARTS) is 1. The molecule has 2 aromatic carbocycles. The fourth-order valence-corrected chi connectivity index (χ4v) is 2.31. The van der Waals surface area contributed by atoms with Crippen LogP contribution in [0.25, 0.3) is 0 Å². The van der Waals surface area contributed by atoms with Crippen LogP contribution in [0, 0.1) is 0 Å². The molecule has 0 radical (unpaired) electrons. The first-order valence-corrected chi connectivity index (χ1v) is 7.26. The Morgan fingerprint density at radius 3 is 2.65 bits per heavy atom. The summed E-state index contributed by atoms with van der Waals surface area (Å²) in [5, 5.41) is 9.06.